The van der Waals surface area contributed by atoms with Gasteiger partial charge >= 0.3 is 12.2 Å². The minimum absolute atomic E-state index is 0.166. The molecule has 1 aliphatic heterocycles. The SMILES string of the molecule is Cc1cc(CNC(=O)N2CCC(c3ccc(C(F)(F)F)cc3)CC2)no1. The van der Waals surface area contributed by atoms with Crippen molar-refractivity contribution in [1.29, 1.82) is 0 Å². The highest BCUT2D eigenvalue weighted by molar-refractivity contribution is 5.74. The summed E-state index contributed by atoms with van der Waals surface area (Å²) in [5, 5.41) is 6.62. The Bertz CT molecular complexity index is 748. The summed E-state index contributed by atoms with van der Waals surface area (Å²) in [6.45, 7) is 3.21. The van der Waals surface area contributed by atoms with Gasteiger partial charge in [0.15, 0.2) is 0 Å². The lowest BCUT2D eigenvalue weighted by Crippen LogP contribution is -2.43. The number of carbonyl (C=O) groups excluding carboxylic acids is 1. The first-order valence-electron chi connectivity index (χ1n) is 8.45. The maximum absolute atomic E-state index is 12.6. The summed E-state index contributed by atoms with van der Waals surface area (Å²) >= 11 is 0. The van der Waals surface area contributed by atoms with E-state index in [1.54, 1.807) is 17.9 Å². The third-order valence-electron chi connectivity index (χ3n) is 4.59. The van der Waals surface area contributed by atoms with E-state index in [2.05, 4.69) is 10.5 Å². The molecule has 0 aliphatic carbocycles. The van der Waals surface area contributed by atoms with Crippen LogP contribution >= 0.6 is 0 Å². The van der Waals surface area contributed by atoms with Gasteiger partial charge in [-0.1, -0.05) is 17.3 Å². The summed E-state index contributed by atoms with van der Waals surface area (Å²) in [4.78, 5) is 13.9. The van der Waals surface area contributed by atoms with E-state index in [0.29, 0.717) is 31.1 Å². The Morgan fingerprint density at radius 2 is 1.92 bits per heavy atom. The molecule has 140 valence electrons. The van der Waals surface area contributed by atoms with Crippen LogP contribution in [0.15, 0.2) is 34.9 Å². The van der Waals surface area contributed by atoms with Crippen molar-refractivity contribution < 1.29 is 22.5 Å². The molecule has 1 aromatic heterocycles. The van der Waals surface area contributed by atoms with Crippen molar-refractivity contribution in [3.05, 3.63) is 52.9 Å². The van der Waals surface area contributed by atoms with Gasteiger partial charge in [0.25, 0.3) is 0 Å². The van der Waals surface area contributed by atoms with Gasteiger partial charge in [-0.05, 0) is 43.4 Å². The molecule has 0 saturated carbocycles. The summed E-state index contributed by atoms with van der Waals surface area (Å²) in [5.41, 5.74) is 0.910. The third kappa shape index (κ3) is 4.36. The number of halogens is 3. The number of piperidine rings is 1. The van der Waals surface area contributed by atoms with Crippen molar-refractivity contribution in [1.82, 2.24) is 15.4 Å². The van der Waals surface area contributed by atoms with Crippen LogP contribution in [0.3, 0.4) is 0 Å². The van der Waals surface area contributed by atoms with E-state index in [1.807, 2.05) is 0 Å². The highest BCUT2D eigenvalue weighted by Gasteiger charge is 2.30. The van der Waals surface area contributed by atoms with Crippen LogP contribution in [-0.2, 0) is 12.7 Å². The van der Waals surface area contributed by atoms with E-state index in [9.17, 15) is 18.0 Å². The zero-order valence-corrected chi connectivity index (χ0v) is 14.3. The van der Waals surface area contributed by atoms with Gasteiger partial charge in [0.1, 0.15) is 11.5 Å². The third-order valence-corrected chi connectivity index (χ3v) is 4.59. The van der Waals surface area contributed by atoms with Crippen LogP contribution in [0.25, 0.3) is 0 Å². The molecule has 0 atom stereocenters. The maximum atomic E-state index is 12.6. The normalized spacial score (nSPS) is 15.9. The number of rotatable bonds is 3. The van der Waals surface area contributed by atoms with E-state index in [-0.39, 0.29) is 11.9 Å². The zero-order valence-electron chi connectivity index (χ0n) is 14.3. The molecule has 0 radical (unpaired) electrons. The molecule has 1 saturated heterocycles. The van der Waals surface area contributed by atoms with Gasteiger partial charge in [0.2, 0.25) is 0 Å². The molecule has 5 nitrogen and oxygen atoms in total. The number of aryl methyl sites for hydroxylation is 1. The molecular formula is C18H20F3N3O2. The number of amides is 2. The zero-order chi connectivity index (χ0) is 18.7. The van der Waals surface area contributed by atoms with Gasteiger partial charge in [0, 0.05) is 19.2 Å². The summed E-state index contributed by atoms with van der Waals surface area (Å²) in [5.74, 6) is 0.853. The predicted molar refractivity (Wildman–Crippen MR) is 88.5 cm³/mol. The Balaban J connectivity index is 1.49. The topological polar surface area (TPSA) is 58.4 Å². The second-order valence-corrected chi connectivity index (χ2v) is 6.47. The second-order valence-electron chi connectivity index (χ2n) is 6.47. The Labute approximate surface area is 149 Å². The van der Waals surface area contributed by atoms with Gasteiger partial charge in [-0.15, -0.1) is 0 Å². The molecule has 2 heterocycles. The molecule has 1 fully saturated rings. The molecule has 26 heavy (non-hydrogen) atoms. The molecule has 1 aromatic carbocycles. The minimum atomic E-state index is -4.32. The Hall–Kier alpha value is -2.51. The van der Waals surface area contributed by atoms with Crippen LogP contribution in [0.2, 0.25) is 0 Å². The molecule has 0 bridgehead atoms. The second kappa shape index (κ2) is 7.39. The van der Waals surface area contributed by atoms with Crippen LogP contribution in [0.5, 0.6) is 0 Å². The van der Waals surface area contributed by atoms with Crippen molar-refractivity contribution >= 4 is 6.03 Å². The van der Waals surface area contributed by atoms with Crippen molar-refractivity contribution in [3.8, 4) is 0 Å². The number of aromatic nitrogens is 1. The van der Waals surface area contributed by atoms with Crippen molar-refractivity contribution in [2.45, 2.75) is 38.4 Å². The van der Waals surface area contributed by atoms with Crippen LogP contribution in [0.4, 0.5) is 18.0 Å². The smallest absolute Gasteiger partial charge is 0.361 e. The number of urea groups is 1. The number of likely N-dealkylation sites (tertiary alicyclic amines) is 1. The molecule has 2 amide bonds. The van der Waals surface area contributed by atoms with E-state index in [4.69, 9.17) is 4.52 Å². The van der Waals surface area contributed by atoms with E-state index < -0.39 is 11.7 Å². The van der Waals surface area contributed by atoms with Crippen LogP contribution in [0, 0.1) is 6.92 Å². The number of nitrogens with zero attached hydrogens (tertiary/aromatic N) is 2. The quantitative estimate of drug-likeness (QED) is 0.889. The standard InChI is InChI=1S/C18H20F3N3O2/c1-12-10-16(23-26-12)11-22-17(25)24-8-6-14(7-9-24)13-2-4-15(5-3-13)18(19,20)21/h2-5,10,14H,6-9,11H2,1H3,(H,22,25). The lowest BCUT2D eigenvalue weighted by molar-refractivity contribution is -0.137. The van der Waals surface area contributed by atoms with E-state index >= 15 is 0 Å². The molecule has 3 rings (SSSR count). The Morgan fingerprint density at radius 3 is 2.46 bits per heavy atom. The fourth-order valence-electron chi connectivity index (χ4n) is 3.14. The van der Waals surface area contributed by atoms with Crippen LogP contribution in [-0.4, -0.2) is 29.2 Å². The highest BCUT2D eigenvalue weighted by atomic mass is 19.4. The van der Waals surface area contributed by atoms with E-state index in [1.165, 1.54) is 12.1 Å². The largest absolute Gasteiger partial charge is 0.416 e. The number of benzene rings is 1. The Morgan fingerprint density at radius 1 is 1.27 bits per heavy atom. The fraction of sp³-hybridized carbons (Fsp3) is 0.444. The number of alkyl halides is 3. The predicted octanol–water partition coefficient (Wildman–Crippen LogP) is 4.09. The fourth-order valence-corrected chi connectivity index (χ4v) is 3.14. The first kappa shape index (κ1) is 18.3. The molecule has 2 aromatic rings. The van der Waals surface area contributed by atoms with Crippen LogP contribution in [0.1, 0.15) is 41.3 Å². The monoisotopic (exact) mass is 367 g/mol. The van der Waals surface area contributed by atoms with Crippen molar-refractivity contribution in [3.63, 3.8) is 0 Å². The molecule has 8 heteroatoms. The minimum Gasteiger partial charge on any atom is -0.361 e. The lowest BCUT2D eigenvalue weighted by Gasteiger charge is -2.32. The summed E-state index contributed by atoms with van der Waals surface area (Å²) in [6, 6.07) is 6.91. The van der Waals surface area contributed by atoms with Crippen molar-refractivity contribution in [2.75, 3.05) is 13.1 Å². The van der Waals surface area contributed by atoms with Gasteiger partial charge in [-0.3, -0.25) is 0 Å². The lowest BCUT2D eigenvalue weighted by atomic mass is 9.89. The molecule has 0 unspecified atom stereocenters. The highest BCUT2D eigenvalue weighted by Crippen LogP contribution is 2.32. The van der Waals surface area contributed by atoms with Gasteiger partial charge in [-0.25, -0.2) is 4.79 Å². The molecule has 0 spiro atoms. The molecule has 1 aliphatic rings. The number of carbonyl (C=O) groups is 1. The first-order valence-corrected chi connectivity index (χ1v) is 8.45. The summed E-state index contributed by atoms with van der Waals surface area (Å²) in [6.07, 6.45) is -2.87. The summed E-state index contributed by atoms with van der Waals surface area (Å²) < 4.78 is 42.9. The first-order chi connectivity index (χ1) is 12.3. The summed E-state index contributed by atoms with van der Waals surface area (Å²) in [7, 11) is 0. The number of nitrogens with one attached hydrogen (secondary N) is 1. The van der Waals surface area contributed by atoms with Crippen LogP contribution < -0.4 is 5.32 Å². The molecular weight excluding hydrogens is 347 g/mol. The van der Waals surface area contributed by atoms with Gasteiger partial charge < -0.3 is 14.7 Å². The van der Waals surface area contributed by atoms with Gasteiger partial charge in [0.05, 0.1) is 12.1 Å². The van der Waals surface area contributed by atoms with Gasteiger partial charge in [-0.2, -0.15) is 13.2 Å². The van der Waals surface area contributed by atoms with E-state index in [0.717, 1.165) is 30.5 Å². The number of hydrogen-bond donors (Lipinski definition) is 1. The average molecular weight is 367 g/mol. The maximum Gasteiger partial charge on any atom is 0.416 e. The Kier molecular flexibility index (Phi) is 5.20. The number of hydrogen-bond acceptors (Lipinski definition) is 3. The average Bonchev–Trinajstić information content (AvgIpc) is 3.04. The molecule has 1 N–H and O–H groups in total. The van der Waals surface area contributed by atoms with Crippen molar-refractivity contribution in [2.24, 2.45) is 0 Å².